The van der Waals surface area contributed by atoms with Gasteiger partial charge in [0.05, 0.1) is 18.1 Å². The fourth-order valence-electron chi connectivity index (χ4n) is 1.90. The lowest BCUT2D eigenvalue weighted by atomic mass is 9.90. The van der Waals surface area contributed by atoms with Gasteiger partial charge in [-0.05, 0) is 31.4 Å². The molecular weight excluding hydrogens is 198 g/mol. The van der Waals surface area contributed by atoms with Crippen LogP contribution in [0.4, 0.5) is 0 Å². The molecule has 86 valence electrons. The van der Waals surface area contributed by atoms with Crippen molar-refractivity contribution in [3.8, 4) is 6.07 Å². The van der Waals surface area contributed by atoms with E-state index in [9.17, 15) is 5.11 Å². The highest BCUT2D eigenvalue weighted by molar-refractivity contribution is 5.33. The molecule has 1 aromatic rings. The molecule has 0 amide bonds. The number of nitriles is 1. The Morgan fingerprint density at radius 2 is 2.06 bits per heavy atom. The number of benzene rings is 1. The summed E-state index contributed by atoms with van der Waals surface area (Å²) in [4.78, 5) is 0. The highest BCUT2D eigenvalue weighted by Gasteiger charge is 2.21. The molecule has 0 spiro atoms. The third kappa shape index (κ3) is 2.84. The average molecular weight is 217 g/mol. The zero-order valence-corrected chi connectivity index (χ0v) is 10.2. The van der Waals surface area contributed by atoms with Gasteiger partial charge in [0, 0.05) is 0 Å². The van der Waals surface area contributed by atoms with Crippen molar-refractivity contribution >= 4 is 0 Å². The maximum Gasteiger partial charge on any atom is 0.0950 e. The molecule has 0 saturated carbocycles. The SMILES string of the molecule is CCCC(C#N)C(O)c1cc(C)ccc1C. The first-order valence-electron chi connectivity index (χ1n) is 5.75. The van der Waals surface area contributed by atoms with E-state index in [1.54, 1.807) is 0 Å². The number of rotatable bonds is 4. The van der Waals surface area contributed by atoms with E-state index in [1.165, 1.54) is 0 Å². The topological polar surface area (TPSA) is 44.0 Å². The molecule has 0 aliphatic heterocycles. The van der Waals surface area contributed by atoms with E-state index in [2.05, 4.69) is 6.07 Å². The zero-order chi connectivity index (χ0) is 12.1. The van der Waals surface area contributed by atoms with E-state index in [0.717, 1.165) is 29.5 Å². The molecule has 0 fully saturated rings. The molecule has 1 aromatic carbocycles. The highest BCUT2D eigenvalue weighted by atomic mass is 16.3. The van der Waals surface area contributed by atoms with E-state index < -0.39 is 6.10 Å². The second-order valence-corrected chi connectivity index (χ2v) is 4.33. The lowest BCUT2D eigenvalue weighted by Gasteiger charge is -2.18. The van der Waals surface area contributed by atoms with Crippen LogP contribution >= 0.6 is 0 Å². The van der Waals surface area contributed by atoms with Crippen LogP contribution in [0.5, 0.6) is 0 Å². The Labute approximate surface area is 97.5 Å². The molecule has 0 aromatic heterocycles. The van der Waals surface area contributed by atoms with E-state index in [-0.39, 0.29) is 5.92 Å². The Kier molecular flexibility index (Phi) is 4.52. The Bertz CT molecular complexity index is 392. The molecular formula is C14H19NO. The first-order chi connectivity index (χ1) is 7.60. The van der Waals surface area contributed by atoms with Gasteiger partial charge in [0.25, 0.3) is 0 Å². The van der Waals surface area contributed by atoms with Gasteiger partial charge in [-0.2, -0.15) is 5.26 Å². The summed E-state index contributed by atoms with van der Waals surface area (Å²) < 4.78 is 0. The largest absolute Gasteiger partial charge is 0.387 e. The van der Waals surface area contributed by atoms with Crippen molar-refractivity contribution in [1.82, 2.24) is 0 Å². The smallest absolute Gasteiger partial charge is 0.0950 e. The maximum atomic E-state index is 10.2. The predicted molar refractivity (Wildman–Crippen MR) is 64.9 cm³/mol. The monoisotopic (exact) mass is 217 g/mol. The molecule has 1 N–H and O–H groups in total. The molecule has 1 rings (SSSR count). The van der Waals surface area contributed by atoms with Crippen molar-refractivity contribution in [3.05, 3.63) is 34.9 Å². The van der Waals surface area contributed by atoms with Gasteiger partial charge in [0.2, 0.25) is 0 Å². The van der Waals surface area contributed by atoms with Gasteiger partial charge in [0.15, 0.2) is 0 Å². The van der Waals surface area contributed by atoms with Gasteiger partial charge in [0.1, 0.15) is 0 Å². The minimum atomic E-state index is -0.662. The number of nitrogens with zero attached hydrogens (tertiary/aromatic N) is 1. The maximum absolute atomic E-state index is 10.2. The predicted octanol–water partition coefficient (Wildman–Crippen LogP) is 3.28. The van der Waals surface area contributed by atoms with Gasteiger partial charge < -0.3 is 5.11 Å². The number of hydrogen-bond donors (Lipinski definition) is 1. The standard InChI is InChI=1S/C14H19NO/c1-4-5-12(9-15)14(16)13-8-10(2)6-7-11(13)3/h6-8,12,14,16H,4-5H2,1-3H3. The summed E-state index contributed by atoms with van der Waals surface area (Å²) in [5.74, 6) is -0.300. The van der Waals surface area contributed by atoms with E-state index >= 15 is 0 Å². The summed E-state index contributed by atoms with van der Waals surface area (Å²) in [5, 5.41) is 19.2. The van der Waals surface area contributed by atoms with Crippen LogP contribution in [0.25, 0.3) is 0 Å². The second-order valence-electron chi connectivity index (χ2n) is 4.33. The number of aryl methyl sites for hydroxylation is 2. The molecule has 0 aliphatic carbocycles. The van der Waals surface area contributed by atoms with E-state index in [0.29, 0.717) is 0 Å². The summed E-state index contributed by atoms with van der Waals surface area (Å²) >= 11 is 0. The van der Waals surface area contributed by atoms with E-state index in [4.69, 9.17) is 5.26 Å². The van der Waals surface area contributed by atoms with Gasteiger partial charge in [-0.1, -0.05) is 37.1 Å². The fraction of sp³-hybridized carbons (Fsp3) is 0.500. The summed E-state index contributed by atoms with van der Waals surface area (Å²) in [6.45, 7) is 6.00. The average Bonchev–Trinajstić information content (AvgIpc) is 2.28. The van der Waals surface area contributed by atoms with Crippen LogP contribution in [0, 0.1) is 31.1 Å². The summed E-state index contributed by atoms with van der Waals surface area (Å²) in [7, 11) is 0. The quantitative estimate of drug-likeness (QED) is 0.841. The first-order valence-corrected chi connectivity index (χ1v) is 5.75. The van der Waals surface area contributed by atoms with Crippen LogP contribution in [0.1, 0.15) is 42.6 Å². The summed E-state index contributed by atoms with van der Waals surface area (Å²) in [6, 6.07) is 8.19. The molecule has 0 bridgehead atoms. The third-order valence-corrected chi connectivity index (χ3v) is 2.90. The normalized spacial score (nSPS) is 14.2. The Morgan fingerprint density at radius 1 is 1.38 bits per heavy atom. The Hall–Kier alpha value is -1.33. The molecule has 2 nitrogen and oxygen atoms in total. The molecule has 0 radical (unpaired) electrons. The lowest BCUT2D eigenvalue weighted by molar-refractivity contribution is 0.129. The molecule has 2 unspecified atom stereocenters. The van der Waals surface area contributed by atoms with Crippen molar-refractivity contribution in [2.24, 2.45) is 5.92 Å². The lowest BCUT2D eigenvalue weighted by Crippen LogP contribution is -2.12. The molecule has 0 heterocycles. The van der Waals surface area contributed by atoms with Gasteiger partial charge >= 0.3 is 0 Å². The van der Waals surface area contributed by atoms with Crippen molar-refractivity contribution in [2.75, 3.05) is 0 Å². The fourth-order valence-corrected chi connectivity index (χ4v) is 1.90. The molecule has 2 atom stereocenters. The molecule has 0 aliphatic rings. The minimum absolute atomic E-state index is 0.300. The molecule has 16 heavy (non-hydrogen) atoms. The Morgan fingerprint density at radius 3 is 2.62 bits per heavy atom. The molecule has 2 heteroatoms. The minimum Gasteiger partial charge on any atom is -0.387 e. The van der Waals surface area contributed by atoms with E-state index in [1.807, 2.05) is 39.0 Å². The zero-order valence-electron chi connectivity index (χ0n) is 10.2. The van der Waals surface area contributed by atoms with Crippen molar-refractivity contribution in [2.45, 2.75) is 39.7 Å². The second kappa shape index (κ2) is 5.67. The van der Waals surface area contributed by atoms with Crippen LogP contribution in [-0.2, 0) is 0 Å². The number of aliphatic hydroxyl groups is 1. The number of hydrogen-bond acceptors (Lipinski definition) is 2. The van der Waals surface area contributed by atoms with Crippen LogP contribution in [0.2, 0.25) is 0 Å². The van der Waals surface area contributed by atoms with Gasteiger partial charge in [-0.15, -0.1) is 0 Å². The van der Waals surface area contributed by atoms with Crippen LogP contribution in [-0.4, -0.2) is 5.11 Å². The third-order valence-electron chi connectivity index (χ3n) is 2.90. The van der Waals surface area contributed by atoms with Crippen molar-refractivity contribution < 1.29 is 5.11 Å². The summed E-state index contributed by atoms with van der Waals surface area (Å²) in [5.41, 5.74) is 3.06. The summed E-state index contributed by atoms with van der Waals surface area (Å²) in [6.07, 6.45) is 0.996. The van der Waals surface area contributed by atoms with Crippen molar-refractivity contribution in [1.29, 1.82) is 5.26 Å². The van der Waals surface area contributed by atoms with Crippen LogP contribution < -0.4 is 0 Å². The number of aliphatic hydroxyl groups excluding tert-OH is 1. The van der Waals surface area contributed by atoms with Gasteiger partial charge in [-0.25, -0.2) is 0 Å². The van der Waals surface area contributed by atoms with Crippen molar-refractivity contribution in [3.63, 3.8) is 0 Å². The van der Waals surface area contributed by atoms with Gasteiger partial charge in [-0.3, -0.25) is 0 Å². The Balaban J connectivity index is 2.98. The van der Waals surface area contributed by atoms with Crippen LogP contribution in [0.15, 0.2) is 18.2 Å². The molecule has 0 saturated heterocycles. The highest BCUT2D eigenvalue weighted by Crippen LogP contribution is 2.28. The van der Waals surface area contributed by atoms with Crippen LogP contribution in [0.3, 0.4) is 0 Å². The first kappa shape index (κ1) is 12.7.